The number of Topliss-reactive ketones (excluding diaryl/α,β-unsaturated/α-hetero) is 3. The summed E-state index contributed by atoms with van der Waals surface area (Å²) in [6.45, 7) is -0.560. The zero-order valence-electron chi connectivity index (χ0n) is 14.3. The van der Waals surface area contributed by atoms with Crippen molar-refractivity contribution in [1.29, 1.82) is 0 Å². The first-order valence-corrected chi connectivity index (χ1v) is 9.80. The van der Waals surface area contributed by atoms with Crippen LogP contribution in [0.25, 0.3) is 0 Å². The number of nitrogens with zero attached hydrogens (tertiary/aromatic N) is 1. The fourth-order valence-electron chi connectivity index (χ4n) is 3.75. The molecule has 0 aliphatic heterocycles. The summed E-state index contributed by atoms with van der Waals surface area (Å²) < 4.78 is 29.7. The van der Waals surface area contributed by atoms with Gasteiger partial charge in [-0.2, -0.15) is 8.42 Å². The van der Waals surface area contributed by atoms with Crippen molar-refractivity contribution in [2.45, 2.75) is 37.0 Å². The van der Waals surface area contributed by atoms with Crippen LogP contribution in [0.2, 0.25) is 0 Å². The maximum atomic E-state index is 12.4. The second-order valence-electron chi connectivity index (χ2n) is 6.76. The molecule has 1 unspecified atom stereocenters. The Balaban J connectivity index is 1.79. The Bertz CT molecular complexity index is 920. The van der Waals surface area contributed by atoms with Crippen molar-refractivity contribution < 1.29 is 31.9 Å². The predicted octanol–water partition coefficient (Wildman–Crippen LogP) is 1.59. The van der Waals surface area contributed by atoms with E-state index in [-0.39, 0.29) is 49.5 Å². The Labute approximate surface area is 155 Å². The van der Waals surface area contributed by atoms with Gasteiger partial charge in [-0.15, -0.1) is 0 Å². The van der Waals surface area contributed by atoms with E-state index in [0.717, 1.165) is 12.1 Å². The van der Waals surface area contributed by atoms with Crippen LogP contribution in [0.4, 0.5) is 5.69 Å². The Morgan fingerprint density at radius 1 is 1.11 bits per heavy atom. The minimum absolute atomic E-state index is 0.00294. The minimum atomic E-state index is -4.48. The van der Waals surface area contributed by atoms with Crippen LogP contribution in [0.15, 0.2) is 29.2 Å². The number of benzene rings is 1. The number of para-hydroxylation sites is 1. The zero-order chi connectivity index (χ0) is 19.8. The summed E-state index contributed by atoms with van der Waals surface area (Å²) in [6.07, 6.45) is 0.341. The monoisotopic (exact) mass is 395 g/mol. The Hall–Kier alpha value is -2.46. The first-order valence-electron chi connectivity index (χ1n) is 8.39. The molecule has 1 atom stereocenters. The van der Waals surface area contributed by atoms with Gasteiger partial charge in [0.1, 0.15) is 17.3 Å². The molecule has 9 nitrogen and oxygen atoms in total. The van der Waals surface area contributed by atoms with Crippen LogP contribution in [-0.4, -0.2) is 37.3 Å². The summed E-state index contributed by atoms with van der Waals surface area (Å²) in [6, 6.07) is 4.72. The highest BCUT2D eigenvalue weighted by atomic mass is 32.2. The molecule has 0 amide bonds. The van der Waals surface area contributed by atoms with E-state index in [9.17, 15) is 32.9 Å². The van der Waals surface area contributed by atoms with Gasteiger partial charge in [0.25, 0.3) is 5.69 Å². The lowest BCUT2D eigenvalue weighted by atomic mass is 9.67. The average Bonchev–Trinajstić information content (AvgIpc) is 2.90. The van der Waals surface area contributed by atoms with Crippen molar-refractivity contribution in [3.05, 3.63) is 34.4 Å². The largest absolute Gasteiger partial charge is 0.303 e. The van der Waals surface area contributed by atoms with Crippen LogP contribution in [-0.2, 0) is 28.7 Å². The maximum absolute atomic E-state index is 12.4. The molecule has 2 saturated carbocycles. The highest BCUT2D eigenvalue weighted by Crippen LogP contribution is 2.45. The summed E-state index contributed by atoms with van der Waals surface area (Å²) >= 11 is 0. The van der Waals surface area contributed by atoms with Gasteiger partial charge in [0.05, 0.1) is 16.9 Å². The van der Waals surface area contributed by atoms with E-state index >= 15 is 0 Å². The molecule has 1 aromatic rings. The van der Waals surface area contributed by atoms with Crippen molar-refractivity contribution >= 4 is 33.2 Å². The highest BCUT2D eigenvalue weighted by Gasteiger charge is 2.53. The van der Waals surface area contributed by atoms with Gasteiger partial charge in [-0.3, -0.25) is 28.7 Å². The number of carbonyl (C=O) groups excluding carboxylic acids is 3. The summed E-state index contributed by atoms with van der Waals surface area (Å²) in [7, 11) is -4.48. The smallest absolute Gasteiger partial charge is 0.299 e. The number of nitro groups is 1. The number of nitro benzene ring substituents is 1. The molecular weight excluding hydrogens is 378 g/mol. The predicted molar refractivity (Wildman–Crippen MR) is 90.3 cm³/mol. The Kier molecular flexibility index (Phi) is 4.96. The van der Waals surface area contributed by atoms with Gasteiger partial charge in [-0.25, -0.2) is 0 Å². The van der Waals surface area contributed by atoms with Crippen LogP contribution in [0.5, 0.6) is 0 Å². The topological polar surface area (TPSA) is 138 Å². The zero-order valence-corrected chi connectivity index (χ0v) is 15.1. The normalized spacial score (nSPS) is 22.4. The molecule has 10 heteroatoms. The van der Waals surface area contributed by atoms with Gasteiger partial charge in [0.2, 0.25) is 0 Å². The Morgan fingerprint density at radius 2 is 1.74 bits per heavy atom. The summed E-state index contributed by atoms with van der Waals surface area (Å²) in [5, 5.41) is 11.0. The lowest BCUT2D eigenvalue weighted by Crippen LogP contribution is -2.43. The van der Waals surface area contributed by atoms with Crippen LogP contribution in [0.1, 0.15) is 32.1 Å². The van der Waals surface area contributed by atoms with Crippen molar-refractivity contribution in [2.75, 3.05) is 6.61 Å². The molecule has 0 saturated heterocycles. The van der Waals surface area contributed by atoms with Crippen LogP contribution in [0, 0.1) is 21.4 Å². The van der Waals surface area contributed by atoms with E-state index in [2.05, 4.69) is 0 Å². The first-order chi connectivity index (χ1) is 12.7. The molecule has 27 heavy (non-hydrogen) atoms. The van der Waals surface area contributed by atoms with E-state index in [0.29, 0.717) is 0 Å². The summed E-state index contributed by atoms with van der Waals surface area (Å²) in [5.74, 6) is -1.65. The molecular formula is C17H17NO8S. The van der Waals surface area contributed by atoms with Crippen molar-refractivity contribution in [3.8, 4) is 0 Å². The third-order valence-corrected chi connectivity index (χ3v) is 6.58. The van der Waals surface area contributed by atoms with E-state index in [4.69, 9.17) is 4.18 Å². The molecule has 0 bridgehead atoms. The van der Waals surface area contributed by atoms with Crippen LogP contribution in [0.3, 0.4) is 0 Å². The number of ketones is 3. The number of hydrogen-bond acceptors (Lipinski definition) is 8. The second-order valence-corrected chi connectivity index (χ2v) is 8.34. The number of rotatable bonds is 5. The Morgan fingerprint density at radius 3 is 2.37 bits per heavy atom. The quantitative estimate of drug-likeness (QED) is 0.317. The van der Waals surface area contributed by atoms with E-state index < -0.39 is 43.6 Å². The molecule has 3 rings (SSSR count). The summed E-state index contributed by atoms with van der Waals surface area (Å²) in [4.78, 5) is 46.1. The fourth-order valence-corrected chi connectivity index (χ4v) is 4.87. The first kappa shape index (κ1) is 19.3. The van der Waals surface area contributed by atoms with Gasteiger partial charge in [0, 0.05) is 31.2 Å². The van der Waals surface area contributed by atoms with E-state index in [1.807, 2.05) is 0 Å². The molecule has 0 heterocycles. The molecule has 2 fully saturated rings. The van der Waals surface area contributed by atoms with Crippen LogP contribution < -0.4 is 0 Å². The summed E-state index contributed by atoms with van der Waals surface area (Å²) in [5.41, 5.74) is -1.85. The van der Waals surface area contributed by atoms with Gasteiger partial charge in [0.15, 0.2) is 4.90 Å². The molecule has 2 aliphatic rings. The minimum Gasteiger partial charge on any atom is -0.299 e. The lowest BCUT2D eigenvalue weighted by Gasteiger charge is -2.34. The third kappa shape index (κ3) is 3.42. The molecule has 1 spiro atoms. The average molecular weight is 395 g/mol. The van der Waals surface area contributed by atoms with Gasteiger partial charge >= 0.3 is 10.1 Å². The SMILES string of the molecule is O=C1CCC2(CC1COS(=O)(=O)c1ccccc1[N+](=O)[O-])C(=O)CCC2=O. The highest BCUT2D eigenvalue weighted by molar-refractivity contribution is 7.87. The maximum Gasteiger partial charge on any atom is 0.303 e. The third-order valence-electron chi connectivity index (χ3n) is 5.25. The molecule has 1 aromatic carbocycles. The standard InChI is InChI=1S/C17H17NO8S/c19-13-7-8-17(15(20)5-6-16(17)21)9-11(13)10-26-27(24,25)14-4-2-1-3-12(14)18(22)23/h1-4,11H,5-10H2. The number of hydrogen-bond donors (Lipinski definition) is 0. The van der Waals surface area contributed by atoms with E-state index in [1.54, 1.807) is 0 Å². The van der Waals surface area contributed by atoms with Gasteiger partial charge < -0.3 is 0 Å². The molecule has 2 aliphatic carbocycles. The van der Waals surface area contributed by atoms with Gasteiger partial charge in [-0.05, 0) is 18.9 Å². The molecule has 0 radical (unpaired) electrons. The van der Waals surface area contributed by atoms with Crippen molar-refractivity contribution in [1.82, 2.24) is 0 Å². The molecule has 144 valence electrons. The fraction of sp³-hybridized carbons (Fsp3) is 0.471. The van der Waals surface area contributed by atoms with Crippen LogP contribution >= 0.6 is 0 Å². The van der Waals surface area contributed by atoms with E-state index in [1.165, 1.54) is 12.1 Å². The molecule has 0 aromatic heterocycles. The number of carbonyl (C=O) groups is 3. The lowest BCUT2D eigenvalue weighted by molar-refractivity contribution is -0.387. The van der Waals surface area contributed by atoms with Gasteiger partial charge in [-0.1, -0.05) is 12.1 Å². The second kappa shape index (κ2) is 6.93. The van der Waals surface area contributed by atoms with Crippen molar-refractivity contribution in [3.63, 3.8) is 0 Å². The molecule has 0 N–H and O–H groups in total. The van der Waals surface area contributed by atoms with Crippen molar-refractivity contribution in [2.24, 2.45) is 11.3 Å².